The van der Waals surface area contributed by atoms with Crippen LogP contribution in [0.3, 0.4) is 0 Å². The third-order valence-corrected chi connectivity index (χ3v) is 1.57. The second kappa shape index (κ2) is 6.91. The first-order chi connectivity index (χ1) is 5.66. The molecule has 0 saturated heterocycles. The Morgan fingerprint density at radius 3 is 2.64 bits per heavy atom. The van der Waals surface area contributed by atoms with E-state index >= 15 is 0 Å². The van der Waals surface area contributed by atoms with Gasteiger partial charge in [0.2, 0.25) is 0 Å². The summed E-state index contributed by atoms with van der Waals surface area (Å²) >= 11 is 0. The third kappa shape index (κ3) is 3.35. The number of halogens is 2. The molecule has 0 atom stereocenters. The number of nitrogens with two attached hydrogens (primary N) is 1. The summed E-state index contributed by atoms with van der Waals surface area (Å²) in [7, 11) is 0. The molecule has 82 valence electrons. The van der Waals surface area contributed by atoms with E-state index in [4.69, 9.17) is 5.73 Å². The summed E-state index contributed by atoms with van der Waals surface area (Å²) in [5, 5.41) is 10.4. The van der Waals surface area contributed by atoms with Crippen molar-refractivity contribution in [1.82, 2.24) is 9.55 Å². The van der Waals surface area contributed by atoms with Gasteiger partial charge in [0.05, 0.1) is 0 Å². The summed E-state index contributed by atoms with van der Waals surface area (Å²) in [4.78, 5) is 13.8. The van der Waals surface area contributed by atoms with Crippen LogP contribution in [0.25, 0.3) is 0 Å². The van der Waals surface area contributed by atoms with Crippen LogP contribution in [-0.4, -0.2) is 21.0 Å². The van der Waals surface area contributed by atoms with E-state index in [1.54, 1.807) is 6.92 Å². The van der Waals surface area contributed by atoms with Crippen LogP contribution in [-0.2, 0) is 6.54 Å². The van der Waals surface area contributed by atoms with E-state index in [1.165, 1.54) is 10.8 Å². The Labute approximate surface area is 102 Å². The molecule has 0 spiro atoms. The largest absolute Gasteiger partial charge is 0.358 e. The number of rotatable bonds is 3. The summed E-state index contributed by atoms with van der Waals surface area (Å²) in [5.74, 6) is 0.616. The van der Waals surface area contributed by atoms with Crippen molar-refractivity contribution < 1.29 is 4.92 Å². The first kappa shape index (κ1) is 16.0. The SMILES string of the molecule is Br.Br.Cc1ncc([N+](=O)[O-])n1CCN. The molecule has 0 saturated carbocycles. The van der Waals surface area contributed by atoms with Crippen molar-refractivity contribution >= 4 is 39.8 Å². The fraction of sp³-hybridized carbons (Fsp3) is 0.500. The van der Waals surface area contributed by atoms with Crippen LogP contribution in [0.15, 0.2) is 6.20 Å². The fourth-order valence-corrected chi connectivity index (χ4v) is 1.01. The van der Waals surface area contributed by atoms with Gasteiger partial charge in [-0.2, -0.15) is 0 Å². The molecule has 2 N–H and O–H groups in total. The van der Waals surface area contributed by atoms with E-state index in [-0.39, 0.29) is 39.8 Å². The Hall–Kier alpha value is -0.470. The van der Waals surface area contributed by atoms with Crippen molar-refractivity contribution in [2.45, 2.75) is 13.5 Å². The molecule has 0 aliphatic carbocycles. The van der Waals surface area contributed by atoms with Gasteiger partial charge in [-0.25, -0.2) is 9.55 Å². The van der Waals surface area contributed by atoms with Crippen LogP contribution in [0.5, 0.6) is 0 Å². The van der Waals surface area contributed by atoms with Gasteiger partial charge < -0.3 is 15.8 Å². The minimum Gasteiger partial charge on any atom is -0.358 e. The molecule has 0 radical (unpaired) electrons. The number of nitro groups is 1. The lowest BCUT2D eigenvalue weighted by molar-refractivity contribution is -0.392. The van der Waals surface area contributed by atoms with Gasteiger partial charge in [0.15, 0.2) is 5.82 Å². The highest BCUT2D eigenvalue weighted by Gasteiger charge is 2.15. The first-order valence-corrected chi connectivity index (χ1v) is 3.53. The second-order valence-corrected chi connectivity index (χ2v) is 2.36. The summed E-state index contributed by atoms with van der Waals surface area (Å²) in [6.07, 6.45) is 1.24. The van der Waals surface area contributed by atoms with E-state index in [0.717, 1.165) is 0 Å². The Bertz CT molecular complexity index is 302. The number of hydrogen-bond donors (Lipinski definition) is 1. The van der Waals surface area contributed by atoms with Crippen molar-refractivity contribution in [3.63, 3.8) is 0 Å². The molecule has 1 aromatic rings. The van der Waals surface area contributed by atoms with Crippen LogP contribution >= 0.6 is 34.0 Å². The van der Waals surface area contributed by atoms with E-state index in [0.29, 0.717) is 18.9 Å². The molecule has 1 rings (SSSR count). The zero-order chi connectivity index (χ0) is 9.14. The molecule has 0 unspecified atom stereocenters. The van der Waals surface area contributed by atoms with Gasteiger partial charge in [-0.3, -0.25) is 0 Å². The van der Waals surface area contributed by atoms with Crippen molar-refractivity contribution in [3.05, 3.63) is 22.1 Å². The molecule has 0 fully saturated rings. The molecule has 0 bridgehead atoms. The second-order valence-electron chi connectivity index (χ2n) is 2.36. The van der Waals surface area contributed by atoms with Crippen LogP contribution in [0.4, 0.5) is 5.82 Å². The number of imidazole rings is 1. The standard InChI is InChI=1S/C6H10N4O2.2BrH/c1-5-8-4-6(10(11)12)9(5)3-2-7;;/h4H,2-3,7H2,1H3;2*1H. The van der Waals surface area contributed by atoms with Gasteiger partial charge in [0.25, 0.3) is 0 Å². The number of aryl methyl sites for hydroxylation is 1. The van der Waals surface area contributed by atoms with Crippen LogP contribution < -0.4 is 5.73 Å². The molecule has 0 aromatic carbocycles. The van der Waals surface area contributed by atoms with Crippen LogP contribution in [0.2, 0.25) is 0 Å². The Balaban J connectivity index is 0. The Kier molecular flexibility index (Phi) is 7.88. The van der Waals surface area contributed by atoms with E-state index in [9.17, 15) is 10.1 Å². The molecule has 1 aromatic heterocycles. The van der Waals surface area contributed by atoms with Crippen molar-refractivity contribution in [1.29, 1.82) is 0 Å². The Morgan fingerprint density at radius 1 is 1.64 bits per heavy atom. The highest BCUT2D eigenvalue weighted by molar-refractivity contribution is 8.93. The zero-order valence-corrected chi connectivity index (χ0v) is 11.0. The lowest BCUT2D eigenvalue weighted by atomic mass is 10.5. The molecule has 1 heterocycles. The first-order valence-electron chi connectivity index (χ1n) is 3.53. The van der Waals surface area contributed by atoms with Gasteiger partial charge in [-0.05, 0) is 4.92 Å². The van der Waals surface area contributed by atoms with Gasteiger partial charge in [-0.1, -0.05) is 0 Å². The molecular formula is C6H12Br2N4O2. The zero-order valence-electron chi connectivity index (χ0n) is 7.54. The van der Waals surface area contributed by atoms with Gasteiger partial charge >= 0.3 is 5.82 Å². The maximum absolute atomic E-state index is 10.4. The molecule has 0 amide bonds. The fourth-order valence-electron chi connectivity index (χ4n) is 1.01. The van der Waals surface area contributed by atoms with Gasteiger partial charge in [0.1, 0.15) is 12.7 Å². The smallest absolute Gasteiger partial charge is 0.342 e. The monoisotopic (exact) mass is 330 g/mol. The normalized spacial score (nSPS) is 8.71. The van der Waals surface area contributed by atoms with Crippen molar-refractivity contribution in [2.24, 2.45) is 5.73 Å². The maximum atomic E-state index is 10.4. The quantitative estimate of drug-likeness (QED) is 0.666. The highest BCUT2D eigenvalue weighted by Crippen LogP contribution is 2.12. The summed E-state index contributed by atoms with van der Waals surface area (Å²) in [6, 6.07) is 0. The van der Waals surface area contributed by atoms with E-state index in [1.807, 2.05) is 0 Å². The predicted octanol–water partition coefficient (Wildman–Crippen LogP) is 1.21. The number of nitrogens with zero attached hydrogens (tertiary/aromatic N) is 3. The molecule has 8 heteroatoms. The minimum atomic E-state index is -0.463. The van der Waals surface area contributed by atoms with Crippen LogP contribution in [0.1, 0.15) is 5.82 Å². The van der Waals surface area contributed by atoms with E-state index < -0.39 is 4.92 Å². The molecule has 14 heavy (non-hydrogen) atoms. The van der Waals surface area contributed by atoms with Gasteiger partial charge in [-0.15, -0.1) is 34.0 Å². The summed E-state index contributed by atoms with van der Waals surface area (Å²) in [5.41, 5.74) is 5.29. The maximum Gasteiger partial charge on any atom is 0.342 e. The molecule has 0 aliphatic heterocycles. The molecule has 6 nitrogen and oxygen atoms in total. The number of aromatic nitrogens is 2. The van der Waals surface area contributed by atoms with Crippen LogP contribution in [0, 0.1) is 17.0 Å². The minimum absolute atomic E-state index is 0. The Morgan fingerprint density at radius 2 is 2.21 bits per heavy atom. The predicted molar refractivity (Wildman–Crippen MR) is 63.3 cm³/mol. The topological polar surface area (TPSA) is 87.0 Å². The van der Waals surface area contributed by atoms with Crippen molar-refractivity contribution in [2.75, 3.05) is 6.54 Å². The average molecular weight is 332 g/mol. The van der Waals surface area contributed by atoms with Gasteiger partial charge in [0, 0.05) is 13.5 Å². The number of hydrogen-bond acceptors (Lipinski definition) is 4. The lowest BCUT2D eigenvalue weighted by Crippen LogP contribution is -2.12. The average Bonchev–Trinajstić information content (AvgIpc) is 2.34. The molecular weight excluding hydrogens is 320 g/mol. The van der Waals surface area contributed by atoms with E-state index in [2.05, 4.69) is 4.98 Å². The van der Waals surface area contributed by atoms with Crippen molar-refractivity contribution in [3.8, 4) is 0 Å². The highest BCUT2D eigenvalue weighted by atomic mass is 79.9. The third-order valence-electron chi connectivity index (χ3n) is 1.57. The summed E-state index contributed by atoms with van der Waals surface area (Å²) in [6.45, 7) is 2.52. The lowest BCUT2D eigenvalue weighted by Gasteiger charge is -1.99. The summed E-state index contributed by atoms with van der Waals surface area (Å²) < 4.78 is 1.49. The molecule has 0 aliphatic rings.